The molecule has 1 aliphatic rings. The van der Waals surface area contributed by atoms with Crippen molar-refractivity contribution in [2.24, 2.45) is 5.41 Å². The molecule has 0 saturated carbocycles. The van der Waals surface area contributed by atoms with Gasteiger partial charge in [0.15, 0.2) is 6.23 Å². The molecule has 1 saturated heterocycles. The van der Waals surface area contributed by atoms with Gasteiger partial charge in [-0.2, -0.15) is 5.06 Å². The summed E-state index contributed by atoms with van der Waals surface area (Å²) in [6.07, 6.45) is -0.693. The van der Waals surface area contributed by atoms with Crippen LogP contribution in [-0.4, -0.2) is 22.8 Å². The number of nitrogens with zero attached hydrogens (tertiary/aromatic N) is 1. The van der Waals surface area contributed by atoms with Crippen molar-refractivity contribution < 1.29 is 14.7 Å². The number of ether oxygens (including phenoxy) is 1. The van der Waals surface area contributed by atoms with Crippen molar-refractivity contribution in [3.05, 3.63) is 35.9 Å². The van der Waals surface area contributed by atoms with Crippen molar-refractivity contribution in [3.8, 4) is 0 Å². The molecule has 1 amide bonds. The highest BCUT2D eigenvalue weighted by Gasteiger charge is 2.41. The van der Waals surface area contributed by atoms with E-state index in [0.29, 0.717) is 11.7 Å². The first-order chi connectivity index (χ1) is 7.52. The van der Waals surface area contributed by atoms with E-state index in [-0.39, 0.29) is 5.91 Å². The summed E-state index contributed by atoms with van der Waals surface area (Å²) in [5.74, 6) is -0.312. The first kappa shape index (κ1) is 11.1. The van der Waals surface area contributed by atoms with Gasteiger partial charge in [0.25, 0.3) is 5.91 Å². The van der Waals surface area contributed by atoms with Gasteiger partial charge in [-0.05, 0) is 13.8 Å². The Balaban J connectivity index is 2.24. The molecular weight excluding hydrogens is 206 g/mol. The quantitative estimate of drug-likeness (QED) is 0.737. The molecule has 0 spiro atoms. The molecule has 1 aromatic carbocycles. The zero-order valence-electron chi connectivity index (χ0n) is 9.38. The topological polar surface area (TPSA) is 49.8 Å². The number of carbonyl (C=O) groups is 1. The van der Waals surface area contributed by atoms with Gasteiger partial charge in [-0.3, -0.25) is 10.0 Å². The predicted octanol–water partition coefficient (Wildman–Crippen LogP) is 1.96. The Hall–Kier alpha value is -1.39. The molecule has 0 bridgehead atoms. The Morgan fingerprint density at radius 1 is 1.38 bits per heavy atom. The van der Waals surface area contributed by atoms with Crippen LogP contribution in [0.1, 0.15) is 25.6 Å². The lowest BCUT2D eigenvalue weighted by Crippen LogP contribution is -2.49. The Labute approximate surface area is 94.4 Å². The second-order valence-electron chi connectivity index (χ2n) is 4.61. The van der Waals surface area contributed by atoms with Gasteiger partial charge < -0.3 is 4.74 Å². The van der Waals surface area contributed by atoms with Crippen molar-refractivity contribution >= 4 is 5.91 Å². The summed E-state index contributed by atoms with van der Waals surface area (Å²) in [6.45, 7) is 3.81. The molecule has 2 rings (SSSR count). The van der Waals surface area contributed by atoms with Crippen molar-refractivity contribution in [2.45, 2.75) is 20.1 Å². The normalized spacial score (nSPS) is 24.6. The van der Waals surface area contributed by atoms with Gasteiger partial charge >= 0.3 is 0 Å². The molecule has 1 atom stereocenters. The summed E-state index contributed by atoms with van der Waals surface area (Å²) >= 11 is 0. The van der Waals surface area contributed by atoms with Crippen LogP contribution in [0.15, 0.2) is 30.3 Å². The number of rotatable bonds is 1. The monoisotopic (exact) mass is 221 g/mol. The molecule has 16 heavy (non-hydrogen) atoms. The van der Waals surface area contributed by atoms with Crippen LogP contribution in [0.2, 0.25) is 0 Å². The van der Waals surface area contributed by atoms with Crippen molar-refractivity contribution in [3.63, 3.8) is 0 Å². The van der Waals surface area contributed by atoms with E-state index in [2.05, 4.69) is 0 Å². The van der Waals surface area contributed by atoms with E-state index in [9.17, 15) is 10.0 Å². The fourth-order valence-corrected chi connectivity index (χ4v) is 1.69. The first-order valence-corrected chi connectivity index (χ1v) is 5.21. The molecule has 1 heterocycles. The molecular formula is C12H15NO3. The largest absolute Gasteiger partial charge is 0.351 e. The summed E-state index contributed by atoms with van der Waals surface area (Å²) in [5.41, 5.74) is 0.105. The molecule has 1 N–H and O–H groups in total. The summed E-state index contributed by atoms with van der Waals surface area (Å²) in [4.78, 5) is 11.8. The maximum Gasteiger partial charge on any atom is 0.256 e. The lowest BCUT2D eigenvalue weighted by molar-refractivity contribution is -0.257. The van der Waals surface area contributed by atoms with E-state index >= 15 is 0 Å². The van der Waals surface area contributed by atoms with Crippen LogP contribution in [0.5, 0.6) is 0 Å². The molecule has 1 unspecified atom stereocenters. The minimum absolute atomic E-state index is 0.308. The number of hydroxylamine groups is 2. The van der Waals surface area contributed by atoms with Crippen LogP contribution in [0.25, 0.3) is 0 Å². The molecule has 1 aromatic rings. The summed E-state index contributed by atoms with van der Waals surface area (Å²) < 4.78 is 5.52. The van der Waals surface area contributed by atoms with Gasteiger partial charge in [0.2, 0.25) is 0 Å². The SMILES string of the molecule is CC1(C)COC(c2ccccc2)N(O)C1=O. The Morgan fingerprint density at radius 3 is 2.62 bits per heavy atom. The third kappa shape index (κ3) is 1.81. The van der Waals surface area contributed by atoms with Gasteiger partial charge in [0.05, 0.1) is 12.0 Å². The number of hydrogen-bond acceptors (Lipinski definition) is 3. The summed E-state index contributed by atoms with van der Waals surface area (Å²) in [6, 6.07) is 9.20. The molecule has 0 aromatic heterocycles. The van der Waals surface area contributed by atoms with Crippen LogP contribution in [0, 0.1) is 5.41 Å². The van der Waals surface area contributed by atoms with Crippen molar-refractivity contribution in [1.29, 1.82) is 0 Å². The van der Waals surface area contributed by atoms with Gasteiger partial charge in [-0.25, -0.2) is 0 Å². The van der Waals surface area contributed by atoms with E-state index in [1.807, 2.05) is 30.3 Å². The third-order valence-corrected chi connectivity index (χ3v) is 2.70. The van der Waals surface area contributed by atoms with E-state index in [1.54, 1.807) is 13.8 Å². The lowest BCUT2D eigenvalue weighted by atomic mass is 9.91. The zero-order valence-corrected chi connectivity index (χ0v) is 9.38. The summed E-state index contributed by atoms with van der Waals surface area (Å²) in [7, 11) is 0. The van der Waals surface area contributed by atoms with Gasteiger partial charge in [-0.15, -0.1) is 0 Å². The van der Waals surface area contributed by atoms with Crippen LogP contribution in [0.3, 0.4) is 0 Å². The van der Waals surface area contributed by atoms with Gasteiger partial charge in [-0.1, -0.05) is 30.3 Å². The maximum absolute atomic E-state index is 11.8. The van der Waals surface area contributed by atoms with Crippen LogP contribution in [0.4, 0.5) is 0 Å². The van der Waals surface area contributed by atoms with Crippen molar-refractivity contribution in [2.75, 3.05) is 6.61 Å². The lowest BCUT2D eigenvalue weighted by Gasteiger charge is -2.38. The number of carbonyl (C=O) groups excluding carboxylic acids is 1. The standard InChI is InChI=1S/C12H15NO3/c1-12(2)8-16-10(13(15)11(12)14)9-6-4-3-5-7-9/h3-7,10,15H,8H2,1-2H3. The minimum Gasteiger partial charge on any atom is -0.351 e. The van der Waals surface area contributed by atoms with E-state index in [1.165, 1.54) is 0 Å². The maximum atomic E-state index is 11.8. The minimum atomic E-state index is -0.693. The average molecular weight is 221 g/mol. The Bertz CT molecular complexity index is 389. The number of hydrogen-bond donors (Lipinski definition) is 1. The number of amides is 1. The van der Waals surface area contributed by atoms with E-state index < -0.39 is 11.6 Å². The first-order valence-electron chi connectivity index (χ1n) is 5.21. The molecule has 86 valence electrons. The second kappa shape index (κ2) is 3.88. The number of benzene rings is 1. The van der Waals surface area contributed by atoms with Crippen LogP contribution >= 0.6 is 0 Å². The van der Waals surface area contributed by atoms with E-state index in [4.69, 9.17) is 4.74 Å². The summed E-state index contributed by atoms with van der Waals surface area (Å²) in [5, 5.41) is 10.5. The van der Waals surface area contributed by atoms with E-state index in [0.717, 1.165) is 5.56 Å². The smallest absolute Gasteiger partial charge is 0.256 e. The highest BCUT2D eigenvalue weighted by molar-refractivity contribution is 5.81. The molecule has 1 fully saturated rings. The van der Waals surface area contributed by atoms with Gasteiger partial charge in [0, 0.05) is 5.56 Å². The highest BCUT2D eigenvalue weighted by atomic mass is 16.6. The molecule has 0 radical (unpaired) electrons. The Kier molecular flexibility index (Phi) is 2.69. The third-order valence-electron chi connectivity index (χ3n) is 2.70. The Morgan fingerprint density at radius 2 is 2.00 bits per heavy atom. The predicted molar refractivity (Wildman–Crippen MR) is 57.5 cm³/mol. The van der Waals surface area contributed by atoms with Crippen molar-refractivity contribution in [1.82, 2.24) is 5.06 Å². The molecule has 4 heteroatoms. The highest BCUT2D eigenvalue weighted by Crippen LogP contribution is 2.33. The van der Waals surface area contributed by atoms with Crippen LogP contribution in [-0.2, 0) is 9.53 Å². The fraction of sp³-hybridized carbons (Fsp3) is 0.417. The fourth-order valence-electron chi connectivity index (χ4n) is 1.69. The second-order valence-corrected chi connectivity index (χ2v) is 4.61. The van der Waals surface area contributed by atoms with Crippen LogP contribution < -0.4 is 0 Å². The van der Waals surface area contributed by atoms with Gasteiger partial charge in [0.1, 0.15) is 0 Å². The molecule has 1 aliphatic heterocycles. The molecule has 0 aliphatic carbocycles. The zero-order chi connectivity index (χ0) is 11.8. The molecule has 4 nitrogen and oxygen atoms in total. The average Bonchev–Trinajstić information content (AvgIpc) is 2.27.